The van der Waals surface area contributed by atoms with Crippen molar-refractivity contribution in [2.24, 2.45) is 0 Å². The summed E-state index contributed by atoms with van der Waals surface area (Å²) in [5.74, 6) is -0.832. The van der Waals surface area contributed by atoms with Crippen LogP contribution in [0.1, 0.15) is 12.5 Å². The Morgan fingerprint density at radius 1 is 1.60 bits per heavy atom. The molecule has 0 unspecified atom stereocenters. The molecule has 0 fully saturated rings. The zero-order valence-electron chi connectivity index (χ0n) is 8.20. The Hall–Kier alpha value is -1.26. The summed E-state index contributed by atoms with van der Waals surface area (Å²) in [6.07, 6.45) is 0. The third-order valence-corrected chi connectivity index (χ3v) is 2.25. The van der Waals surface area contributed by atoms with Gasteiger partial charge in [0.2, 0.25) is 0 Å². The molecule has 0 bridgehead atoms. The first-order chi connectivity index (χ1) is 7.00. The molecule has 1 atom stereocenters. The van der Waals surface area contributed by atoms with Crippen molar-refractivity contribution in [3.05, 3.63) is 28.8 Å². The quantitative estimate of drug-likeness (QED) is 0.734. The lowest BCUT2D eigenvalue weighted by atomic mass is 10.2. The van der Waals surface area contributed by atoms with Crippen LogP contribution >= 0.6 is 11.6 Å². The van der Waals surface area contributed by atoms with E-state index in [4.69, 9.17) is 16.7 Å². The minimum absolute atomic E-state index is 0.101. The Labute approximate surface area is 92.5 Å². The van der Waals surface area contributed by atoms with Gasteiger partial charge >= 0.3 is 5.97 Å². The van der Waals surface area contributed by atoms with Gasteiger partial charge in [-0.25, -0.2) is 0 Å². The average Bonchev–Trinajstić information content (AvgIpc) is 2.18. The maximum Gasteiger partial charge on any atom is 0.320 e. The first-order valence-corrected chi connectivity index (χ1v) is 4.82. The number of halogens is 1. The number of carbonyl (C=O) groups is 1. The molecular formula is C10H12ClNO3. The molecule has 0 aliphatic carbocycles. The van der Waals surface area contributed by atoms with Crippen LogP contribution in [-0.4, -0.2) is 22.2 Å². The molecule has 15 heavy (non-hydrogen) atoms. The molecule has 0 aromatic heterocycles. The number of aliphatic carboxylic acids is 1. The van der Waals surface area contributed by atoms with Gasteiger partial charge in [0.15, 0.2) is 0 Å². The van der Waals surface area contributed by atoms with Gasteiger partial charge in [-0.3, -0.25) is 4.79 Å². The lowest BCUT2D eigenvalue weighted by Gasteiger charge is -2.10. The minimum Gasteiger partial charge on any atom is -0.508 e. The van der Waals surface area contributed by atoms with Gasteiger partial charge in [-0.15, -0.1) is 0 Å². The monoisotopic (exact) mass is 229 g/mol. The molecule has 0 aliphatic heterocycles. The Kier molecular flexibility index (Phi) is 3.94. The zero-order valence-corrected chi connectivity index (χ0v) is 8.95. The smallest absolute Gasteiger partial charge is 0.320 e. The number of aromatic hydroxyl groups is 1. The SMILES string of the molecule is C[C@H](NCc1cc(Cl)ccc1O)C(=O)O. The molecule has 0 aliphatic rings. The van der Waals surface area contributed by atoms with E-state index in [1.54, 1.807) is 12.1 Å². The van der Waals surface area contributed by atoms with Crippen LogP contribution in [0.15, 0.2) is 18.2 Å². The van der Waals surface area contributed by atoms with Crippen molar-refractivity contribution >= 4 is 17.6 Å². The van der Waals surface area contributed by atoms with E-state index in [9.17, 15) is 9.90 Å². The number of hydrogen-bond donors (Lipinski definition) is 3. The van der Waals surface area contributed by atoms with E-state index >= 15 is 0 Å². The normalized spacial score (nSPS) is 12.4. The van der Waals surface area contributed by atoms with Crippen LogP contribution in [0.4, 0.5) is 0 Å². The van der Waals surface area contributed by atoms with Gasteiger partial charge in [0.1, 0.15) is 11.8 Å². The number of phenolic OH excluding ortho intramolecular Hbond substituents is 1. The van der Waals surface area contributed by atoms with Gasteiger partial charge < -0.3 is 15.5 Å². The molecule has 0 heterocycles. The van der Waals surface area contributed by atoms with E-state index in [2.05, 4.69) is 5.32 Å². The van der Waals surface area contributed by atoms with Crippen LogP contribution in [0.25, 0.3) is 0 Å². The topological polar surface area (TPSA) is 69.6 Å². The minimum atomic E-state index is -0.934. The molecule has 5 heteroatoms. The van der Waals surface area contributed by atoms with E-state index in [1.807, 2.05) is 0 Å². The van der Waals surface area contributed by atoms with Gasteiger partial charge in [0, 0.05) is 17.1 Å². The molecule has 82 valence electrons. The second kappa shape index (κ2) is 5.00. The molecule has 1 aromatic rings. The van der Waals surface area contributed by atoms with Crippen LogP contribution in [-0.2, 0) is 11.3 Å². The number of rotatable bonds is 4. The summed E-state index contributed by atoms with van der Waals surface area (Å²) in [5.41, 5.74) is 0.579. The maximum atomic E-state index is 10.5. The molecule has 4 nitrogen and oxygen atoms in total. The van der Waals surface area contributed by atoms with Crippen molar-refractivity contribution in [3.8, 4) is 5.75 Å². The highest BCUT2D eigenvalue weighted by molar-refractivity contribution is 6.30. The van der Waals surface area contributed by atoms with Crippen LogP contribution in [0.5, 0.6) is 5.75 Å². The number of benzene rings is 1. The van der Waals surface area contributed by atoms with Crippen LogP contribution < -0.4 is 5.32 Å². The fraction of sp³-hybridized carbons (Fsp3) is 0.300. The molecule has 0 saturated heterocycles. The molecule has 0 spiro atoms. The fourth-order valence-electron chi connectivity index (χ4n) is 1.05. The van der Waals surface area contributed by atoms with Gasteiger partial charge in [0.05, 0.1) is 0 Å². The molecule has 1 rings (SSSR count). The number of phenols is 1. The first-order valence-electron chi connectivity index (χ1n) is 4.44. The highest BCUT2D eigenvalue weighted by Crippen LogP contribution is 2.21. The highest BCUT2D eigenvalue weighted by Gasteiger charge is 2.10. The number of nitrogens with one attached hydrogen (secondary N) is 1. The van der Waals surface area contributed by atoms with Crippen molar-refractivity contribution in [3.63, 3.8) is 0 Å². The largest absolute Gasteiger partial charge is 0.508 e. The van der Waals surface area contributed by atoms with E-state index in [-0.39, 0.29) is 12.3 Å². The van der Waals surface area contributed by atoms with E-state index in [1.165, 1.54) is 13.0 Å². The van der Waals surface area contributed by atoms with Crippen LogP contribution in [0.2, 0.25) is 5.02 Å². The van der Waals surface area contributed by atoms with Crippen molar-refractivity contribution in [1.82, 2.24) is 5.32 Å². The van der Waals surface area contributed by atoms with Crippen molar-refractivity contribution in [2.45, 2.75) is 19.5 Å². The van der Waals surface area contributed by atoms with Gasteiger partial charge in [0.25, 0.3) is 0 Å². The van der Waals surface area contributed by atoms with E-state index in [0.29, 0.717) is 10.6 Å². The predicted molar refractivity (Wildman–Crippen MR) is 57.1 cm³/mol. The molecule has 1 aromatic carbocycles. The molecular weight excluding hydrogens is 218 g/mol. The van der Waals surface area contributed by atoms with Gasteiger partial charge in [-0.2, -0.15) is 0 Å². The molecule has 0 radical (unpaired) electrons. The molecule has 0 amide bonds. The number of hydrogen-bond acceptors (Lipinski definition) is 3. The Bertz CT molecular complexity index is 368. The summed E-state index contributed by atoms with van der Waals surface area (Å²) in [5, 5.41) is 21.3. The summed E-state index contributed by atoms with van der Waals surface area (Å²) in [7, 11) is 0. The maximum absolute atomic E-state index is 10.5. The van der Waals surface area contributed by atoms with Gasteiger partial charge in [-0.05, 0) is 25.1 Å². The number of carboxylic acids is 1. The summed E-state index contributed by atoms with van der Waals surface area (Å²) in [6.45, 7) is 1.80. The summed E-state index contributed by atoms with van der Waals surface area (Å²) in [4.78, 5) is 10.5. The fourth-order valence-corrected chi connectivity index (χ4v) is 1.24. The van der Waals surface area contributed by atoms with Crippen molar-refractivity contribution < 1.29 is 15.0 Å². The lowest BCUT2D eigenvalue weighted by Crippen LogP contribution is -2.33. The Morgan fingerprint density at radius 2 is 2.27 bits per heavy atom. The van der Waals surface area contributed by atoms with E-state index in [0.717, 1.165) is 0 Å². The van der Waals surface area contributed by atoms with Gasteiger partial charge in [-0.1, -0.05) is 11.6 Å². The Balaban J connectivity index is 2.65. The third-order valence-electron chi connectivity index (χ3n) is 2.01. The second-order valence-corrected chi connectivity index (χ2v) is 3.65. The van der Waals surface area contributed by atoms with E-state index < -0.39 is 12.0 Å². The summed E-state index contributed by atoms with van der Waals surface area (Å²) >= 11 is 5.74. The van der Waals surface area contributed by atoms with Crippen molar-refractivity contribution in [1.29, 1.82) is 0 Å². The highest BCUT2D eigenvalue weighted by atomic mass is 35.5. The third kappa shape index (κ3) is 3.42. The van der Waals surface area contributed by atoms with Crippen LogP contribution in [0.3, 0.4) is 0 Å². The number of carboxylic acid groups (broad SMARTS) is 1. The average molecular weight is 230 g/mol. The predicted octanol–water partition coefficient (Wildman–Crippen LogP) is 1.61. The zero-order chi connectivity index (χ0) is 11.4. The van der Waals surface area contributed by atoms with Crippen molar-refractivity contribution in [2.75, 3.05) is 0 Å². The lowest BCUT2D eigenvalue weighted by molar-refractivity contribution is -0.139. The standard InChI is InChI=1S/C10H12ClNO3/c1-6(10(14)15)12-5-7-4-8(11)2-3-9(7)13/h2-4,6,12-13H,5H2,1H3,(H,14,15)/t6-/m0/s1. The molecule has 3 N–H and O–H groups in total. The molecule has 0 saturated carbocycles. The summed E-state index contributed by atoms with van der Waals surface area (Å²) < 4.78 is 0. The van der Waals surface area contributed by atoms with Crippen LogP contribution in [0, 0.1) is 0 Å². The Morgan fingerprint density at radius 3 is 2.87 bits per heavy atom. The summed E-state index contributed by atoms with van der Waals surface area (Å²) in [6, 6.07) is 3.98. The first kappa shape index (κ1) is 11.8. The second-order valence-electron chi connectivity index (χ2n) is 3.21.